The van der Waals surface area contributed by atoms with Crippen LogP contribution in [-0.2, 0) is 9.59 Å². The van der Waals surface area contributed by atoms with Gasteiger partial charge in [-0.1, -0.05) is 60.7 Å². The molecule has 0 bridgehead atoms. The Hall–Kier alpha value is -2.66. The molecule has 1 fully saturated rings. The number of carbonyl (C=O) groups excluding carboxylic acids is 2. The van der Waals surface area contributed by atoms with Crippen molar-refractivity contribution >= 4 is 11.8 Å². The normalized spacial score (nSPS) is 21.2. The van der Waals surface area contributed by atoms with Crippen molar-refractivity contribution in [1.29, 1.82) is 0 Å². The van der Waals surface area contributed by atoms with Crippen molar-refractivity contribution < 1.29 is 14.7 Å². The number of likely N-dealkylation sites (tertiary alicyclic amines) is 1. The molecule has 2 N–H and O–H groups in total. The summed E-state index contributed by atoms with van der Waals surface area (Å²) >= 11 is 0. The summed E-state index contributed by atoms with van der Waals surface area (Å²) in [5.41, 5.74) is 1.61. The quantitative estimate of drug-likeness (QED) is 0.877. The van der Waals surface area contributed by atoms with E-state index in [1.807, 2.05) is 36.4 Å². The Morgan fingerprint density at radius 1 is 1.16 bits per heavy atom. The molecule has 1 aliphatic rings. The van der Waals surface area contributed by atoms with Crippen LogP contribution in [0.3, 0.4) is 0 Å². The summed E-state index contributed by atoms with van der Waals surface area (Å²) in [7, 11) is 1.79. The lowest BCUT2D eigenvalue weighted by Crippen LogP contribution is -2.35. The van der Waals surface area contributed by atoms with Crippen molar-refractivity contribution in [2.24, 2.45) is 5.92 Å². The van der Waals surface area contributed by atoms with Crippen LogP contribution in [0.25, 0.3) is 0 Å². The van der Waals surface area contributed by atoms with Gasteiger partial charge in [0.25, 0.3) is 5.91 Å². The van der Waals surface area contributed by atoms with Crippen molar-refractivity contribution in [2.45, 2.75) is 18.6 Å². The average Bonchev–Trinajstić information content (AvgIpc) is 2.94. The average molecular weight is 338 g/mol. The molecule has 1 heterocycles. The molecule has 0 radical (unpaired) electrons. The molecule has 3 rings (SSSR count). The first kappa shape index (κ1) is 17.2. The number of nitrogens with one attached hydrogen (secondary N) is 1. The third kappa shape index (κ3) is 3.72. The molecule has 25 heavy (non-hydrogen) atoms. The Morgan fingerprint density at radius 2 is 1.76 bits per heavy atom. The summed E-state index contributed by atoms with van der Waals surface area (Å²) in [5.74, 6) is -0.399. The highest BCUT2D eigenvalue weighted by Gasteiger charge is 2.38. The van der Waals surface area contributed by atoms with Gasteiger partial charge in [0, 0.05) is 25.9 Å². The van der Waals surface area contributed by atoms with E-state index >= 15 is 0 Å². The van der Waals surface area contributed by atoms with Crippen LogP contribution in [0.1, 0.15) is 29.7 Å². The summed E-state index contributed by atoms with van der Waals surface area (Å²) < 4.78 is 0. The summed E-state index contributed by atoms with van der Waals surface area (Å²) in [6, 6.07) is 18.6. The molecule has 2 amide bonds. The van der Waals surface area contributed by atoms with E-state index in [4.69, 9.17) is 0 Å². The van der Waals surface area contributed by atoms with Gasteiger partial charge in [0.1, 0.15) is 0 Å². The molecule has 3 atom stereocenters. The fraction of sp³-hybridized carbons (Fsp3) is 0.300. The Morgan fingerprint density at radius 3 is 2.40 bits per heavy atom. The van der Waals surface area contributed by atoms with Gasteiger partial charge in [-0.05, 0) is 11.1 Å². The maximum atomic E-state index is 12.2. The molecule has 0 spiro atoms. The highest BCUT2D eigenvalue weighted by molar-refractivity contribution is 5.82. The predicted octanol–water partition coefficient (Wildman–Crippen LogP) is 2.06. The van der Waals surface area contributed by atoms with Gasteiger partial charge in [0.05, 0.1) is 6.04 Å². The van der Waals surface area contributed by atoms with Crippen LogP contribution < -0.4 is 5.32 Å². The van der Waals surface area contributed by atoms with Gasteiger partial charge in [-0.15, -0.1) is 0 Å². The van der Waals surface area contributed by atoms with Gasteiger partial charge in [-0.2, -0.15) is 0 Å². The fourth-order valence-electron chi connectivity index (χ4n) is 3.40. The van der Waals surface area contributed by atoms with E-state index in [1.54, 1.807) is 36.2 Å². The van der Waals surface area contributed by atoms with Crippen molar-refractivity contribution in [1.82, 2.24) is 10.2 Å². The third-order valence-electron chi connectivity index (χ3n) is 4.74. The number of nitrogens with zero attached hydrogens (tertiary/aromatic N) is 1. The topological polar surface area (TPSA) is 69.6 Å². The Bertz CT molecular complexity index is 733. The van der Waals surface area contributed by atoms with Crippen LogP contribution >= 0.6 is 0 Å². The number of aliphatic hydroxyl groups excluding tert-OH is 1. The summed E-state index contributed by atoms with van der Waals surface area (Å²) in [6.45, 7) is 0.346. The number of hydrogen-bond donors (Lipinski definition) is 2. The second kappa shape index (κ2) is 7.49. The van der Waals surface area contributed by atoms with E-state index in [0.29, 0.717) is 18.5 Å². The van der Waals surface area contributed by atoms with E-state index in [2.05, 4.69) is 5.32 Å². The van der Waals surface area contributed by atoms with E-state index in [-0.39, 0.29) is 17.9 Å². The van der Waals surface area contributed by atoms with Crippen LogP contribution in [0.2, 0.25) is 0 Å². The predicted molar refractivity (Wildman–Crippen MR) is 94.5 cm³/mol. The van der Waals surface area contributed by atoms with Crippen molar-refractivity contribution in [2.75, 3.05) is 13.6 Å². The summed E-state index contributed by atoms with van der Waals surface area (Å²) in [6.07, 6.45) is -0.816. The Balaban J connectivity index is 1.67. The lowest BCUT2D eigenvalue weighted by molar-refractivity contribution is -0.130. The minimum Gasteiger partial charge on any atom is -0.378 e. The van der Waals surface area contributed by atoms with Crippen LogP contribution in [0, 0.1) is 5.92 Å². The van der Waals surface area contributed by atoms with Crippen molar-refractivity contribution in [3.63, 3.8) is 0 Å². The van der Waals surface area contributed by atoms with Gasteiger partial charge < -0.3 is 15.3 Å². The number of rotatable bonds is 5. The first-order valence-corrected chi connectivity index (χ1v) is 8.39. The molecule has 2 aromatic rings. The molecule has 2 aromatic carbocycles. The molecule has 0 saturated carbocycles. The molecular weight excluding hydrogens is 316 g/mol. The summed E-state index contributed by atoms with van der Waals surface area (Å²) in [4.78, 5) is 26.1. The molecule has 1 aliphatic heterocycles. The first-order chi connectivity index (χ1) is 12.1. The zero-order chi connectivity index (χ0) is 17.8. The fourth-order valence-corrected chi connectivity index (χ4v) is 3.40. The highest BCUT2D eigenvalue weighted by atomic mass is 16.3. The number of carbonyl (C=O) groups is 2. The minimum absolute atomic E-state index is 0.0215. The lowest BCUT2D eigenvalue weighted by Gasteiger charge is -2.26. The molecular formula is C20H22N2O3. The monoisotopic (exact) mass is 338 g/mol. The van der Waals surface area contributed by atoms with Crippen LogP contribution in [0.4, 0.5) is 0 Å². The van der Waals surface area contributed by atoms with Crippen molar-refractivity contribution in [3.05, 3.63) is 71.8 Å². The lowest BCUT2D eigenvalue weighted by atomic mass is 9.93. The van der Waals surface area contributed by atoms with Gasteiger partial charge in [0.15, 0.2) is 6.10 Å². The number of hydrogen-bond acceptors (Lipinski definition) is 3. The largest absolute Gasteiger partial charge is 0.378 e. The van der Waals surface area contributed by atoms with Gasteiger partial charge in [-0.25, -0.2) is 0 Å². The zero-order valence-corrected chi connectivity index (χ0v) is 14.1. The Kier molecular flexibility index (Phi) is 5.14. The van der Waals surface area contributed by atoms with E-state index in [9.17, 15) is 14.7 Å². The Labute approximate surface area is 147 Å². The molecule has 2 unspecified atom stereocenters. The zero-order valence-electron chi connectivity index (χ0n) is 14.1. The molecule has 0 aromatic heterocycles. The van der Waals surface area contributed by atoms with Crippen LogP contribution in [0.5, 0.6) is 0 Å². The molecule has 5 nitrogen and oxygen atoms in total. The summed E-state index contributed by atoms with van der Waals surface area (Å²) in [5, 5.41) is 13.0. The SMILES string of the molecule is CN1C(=O)CC(CNC(=O)[C@@H](O)c2ccccc2)C1c1ccccc1. The molecule has 1 saturated heterocycles. The standard InChI is InChI=1S/C20H22N2O3/c1-22-17(23)12-16(18(22)14-8-4-2-5-9-14)13-21-20(25)19(24)15-10-6-3-7-11-15/h2-11,16,18-19,24H,12-13H2,1H3,(H,21,25)/t16?,18?,19-/m0/s1. The van der Waals surface area contributed by atoms with Crippen molar-refractivity contribution in [3.8, 4) is 0 Å². The second-order valence-electron chi connectivity index (χ2n) is 6.38. The minimum atomic E-state index is -1.20. The maximum Gasteiger partial charge on any atom is 0.253 e. The molecule has 5 heteroatoms. The third-order valence-corrected chi connectivity index (χ3v) is 4.74. The second-order valence-corrected chi connectivity index (χ2v) is 6.38. The first-order valence-electron chi connectivity index (χ1n) is 8.39. The van der Waals surface area contributed by atoms with Gasteiger partial charge >= 0.3 is 0 Å². The molecule has 0 aliphatic carbocycles. The van der Waals surface area contributed by atoms with Crippen LogP contribution in [-0.4, -0.2) is 35.4 Å². The number of benzene rings is 2. The number of aliphatic hydroxyl groups is 1. The van der Waals surface area contributed by atoms with E-state index < -0.39 is 12.0 Å². The van der Waals surface area contributed by atoms with Crippen LogP contribution in [0.15, 0.2) is 60.7 Å². The highest BCUT2D eigenvalue weighted by Crippen LogP contribution is 2.36. The smallest absolute Gasteiger partial charge is 0.253 e. The van der Waals surface area contributed by atoms with Gasteiger partial charge in [-0.3, -0.25) is 9.59 Å². The maximum absolute atomic E-state index is 12.2. The molecule has 130 valence electrons. The van der Waals surface area contributed by atoms with E-state index in [1.165, 1.54) is 0 Å². The van der Waals surface area contributed by atoms with E-state index in [0.717, 1.165) is 5.56 Å². The van der Waals surface area contributed by atoms with Gasteiger partial charge in [0.2, 0.25) is 5.91 Å². The number of amides is 2.